The Kier molecular flexibility index (Phi) is 6.87. The van der Waals surface area contributed by atoms with Gasteiger partial charge < -0.3 is 10.2 Å². The predicted octanol–water partition coefficient (Wildman–Crippen LogP) is 4.04. The maximum atomic E-state index is 12.9. The van der Waals surface area contributed by atoms with Gasteiger partial charge in [0.15, 0.2) is 0 Å². The molecule has 0 fully saturated rings. The molecule has 0 radical (unpaired) electrons. The molecule has 1 amide bonds. The molecule has 7 nitrogen and oxygen atoms in total. The van der Waals surface area contributed by atoms with Gasteiger partial charge in [0.05, 0.1) is 41.1 Å². The standard InChI is InChI=1S/C21H27BrN6O/c1-5-26(6-2)11-12-27-14-18(13-23-27)24-21(29)20-15(3)25-28(16(20)4)19-9-7-17(22)8-10-19/h7-10,13-14H,5-6,11-12H2,1-4H3,(H,24,29). The molecule has 2 aromatic heterocycles. The Morgan fingerprint density at radius 2 is 1.86 bits per heavy atom. The van der Waals surface area contributed by atoms with Gasteiger partial charge in [-0.05, 0) is 51.2 Å². The zero-order valence-corrected chi connectivity index (χ0v) is 18.9. The number of aromatic nitrogens is 4. The minimum atomic E-state index is -0.174. The lowest BCUT2D eigenvalue weighted by molar-refractivity contribution is 0.102. The van der Waals surface area contributed by atoms with Crippen LogP contribution in [0.4, 0.5) is 5.69 Å². The molecule has 0 aliphatic rings. The molecule has 29 heavy (non-hydrogen) atoms. The number of nitrogens with zero attached hydrogens (tertiary/aromatic N) is 5. The van der Waals surface area contributed by atoms with Crippen molar-refractivity contribution >= 4 is 27.5 Å². The quantitative estimate of drug-likeness (QED) is 0.552. The summed E-state index contributed by atoms with van der Waals surface area (Å²) >= 11 is 3.44. The van der Waals surface area contributed by atoms with Gasteiger partial charge in [-0.1, -0.05) is 29.8 Å². The van der Waals surface area contributed by atoms with Gasteiger partial charge in [0.25, 0.3) is 5.91 Å². The summed E-state index contributed by atoms with van der Waals surface area (Å²) in [5, 5.41) is 11.9. The average Bonchev–Trinajstić information content (AvgIpc) is 3.26. The number of nitrogens with one attached hydrogen (secondary N) is 1. The van der Waals surface area contributed by atoms with E-state index in [9.17, 15) is 4.79 Å². The Labute approximate surface area is 179 Å². The molecular weight excluding hydrogens is 432 g/mol. The monoisotopic (exact) mass is 458 g/mol. The van der Waals surface area contributed by atoms with Gasteiger partial charge in [-0.3, -0.25) is 9.48 Å². The highest BCUT2D eigenvalue weighted by Gasteiger charge is 2.20. The summed E-state index contributed by atoms with van der Waals surface area (Å²) in [6.45, 7) is 11.8. The van der Waals surface area contributed by atoms with E-state index in [1.807, 2.05) is 49.0 Å². The first kappa shape index (κ1) is 21.3. The van der Waals surface area contributed by atoms with Gasteiger partial charge in [0.1, 0.15) is 0 Å². The number of hydrogen-bond acceptors (Lipinski definition) is 4. The molecule has 154 valence electrons. The first-order valence-electron chi connectivity index (χ1n) is 9.81. The van der Waals surface area contributed by atoms with Crippen LogP contribution in [0.15, 0.2) is 41.1 Å². The third kappa shape index (κ3) is 4.94. The number of aryl methyl sites for hydroxylation is 1. The number of amides is 1. The molecule has 2 heterocycles. The van der Waals surface area contributed by atoms with E-state index in [1.165, 1.54) is 0 Å². The molecular formula is C21H27BrN6O. The van der Waals surface area contributed by atoms with E-state index in [-0.39, 0.29) is 5.91 Å². The van der Waals surface area contributed by atoms with Crippen LogP contribution in [0.1, 0.15) is 35.6 Å². The zero-order valence-electron chi connectivity index (χ0n) is 17.3. The first-order chi connectivity index (χ1) is 13.9. The molecule has 3 aromatic rings. The summed E-state index contributed by atoms with van der Waals surface area (Å²) < 4.78 is 4.65. The predicted molar refractivity (Wildman–Crippen MR) is 119 cm³/mol. The molecule has 1 aromatic carbocycles. The third-order valence-electron chi connectivity index (χ3n) is 5.02. The van der Waals surface area contributed by atoms with Crippen LogP contribution in [0, 0.1) is 13.8 Å². The highest BCUT2D eigenvalue weighted by atomic mass is 79.9. The summed E-state index contributed by atoms with van der Waals surface area (Å²) in [4.78, 5) is 15.2. The number of anilines is 1. The second kappa shape index (κ2) is 9.37. The molecule has 1 N–H and O–H groups in total. The van der Waals surface area contributed by atoms with Crippen LogP contribution in [0.5, 0.6) is 0 Å². The highest BCUT2D eigenvalue weighted by Crippen LogP contribution is 2.21. The van der Waals surface area contributed by atoms with Crippen LogP contribution >= 0.6 is 15.9 Å². The maximum Gasteiger partial charge on any atom is 0.259 e. The molecule has 0 bridgehead atoms. The van der Waals surface area contributed by atoms with Gasteiger partial charge in [-0.2, -0.15) is 10.2 Å². The number of halogens is 1. The number of benzene rings is 1. The molecule has 0 saturated carbocycles. The minimum Gasteiger partial charge on any atom is -0.319 e. The molecule has 0 aliphatic carbocycles. The number of carbonyl (C=O) groups excluding carboxylic acids is 1. The second-order valence-corrected chi connectivity index (χ2v) is 7.82. The van der Waals surface area contributed by atoms with Crippen molar-refractivity contribution in [2.75, 3.05) is 25.0 Å². The van der Waals surface area contributed by atoms with Crippen LogP contribution in [0.25, 0.3) is 5.69 Å². The second-order valence-electron chi connectivity index (χ2n) is 6.91. The lowest BCUT2D eigenvalue weighted by atomic mass is 10.2. The Morgan fingerprint density at radius 1 is 1.17 bits per heavy atom. The Hall–Kier alpha value is -2.45. The van der Waals surface area contributed by atoms with E-state index in [0.29, 0.717) is 16.9 Å². The summed E-state index contributed by atoms with van der Waals surface area (Å²) in [6, 6.07) is 7.84. The van der Waals surface area contributed by atoms with Gasteiger partial charge >= 0.3 is 0 Å². The van der Waals surface area contributed by atoms with Crippen molar-refractivity contribution < 1.29 is 4.79 Å². The number of rotatable bonds is 8. The summed E-state index contributed by atoms with van der Waals surface area (Å²) in [5.41, 5.74) is 3.68. The smallest absolute Gasteiger partial charge is 0.259 e. The van der Waals surface area contributed by atoms with Gasteiger partial charge in [0.2, 0.25) is 0 Å². The van der Waals surface area contributed by atoms with Crippen molar-refractivity contribution in [2.24, 2.45) is 0 Å². The van der Waals surface area contributed by atoms with Crippen molar-refractivity contribution in [2.45, 2.75) is 34.2 Å². The van der Waals surface area contributed by atoms with Crippen LogP contribution in [-0.2, 0) is 6.54 Å². The number of likely N-dealkylation sites (N-methyl/N-ethyl adjacent to an activating group) is 1. The van der Waals surface area contributed by atoms with Crippen molar-refractivity contribution in [3.05, 3.63) is 58.1 Å². The summed E-state index contributed by atoms with van der Waals surface area (Å²) in [7, 11) is 0. The van der Waals surface area contributed by atoms with Crippen LogP contribution in [-0.4, -0.2) is 50.0 Å². The molecule has 8 heteroatoms. The largest absolute Gasteiger partial charge is 0.319 e. The number of carbonyl (C=O) groups is 1. The fraction of sp³-hybridized carbons (Fsp3) is 0.381. The van der Waals surface area contributed by atoms with E-state index in [0.717, 1.165) is 42.0 Å². The Balaban J connectivity index is 1.72. The van der Waals surface area contributed by atoms with Gasteiger partial charge in [-0.25, -0.2) is 4.68 Å². The molecule has 0 unspecified atom stereocenters. The SMILES string of the molecule is CCN(CC)CCn1cc(NC(=O)c2c(C)nn(-c3ccc(Br)cc3)c2C)cn1. The lowest BCUT2D eigenvalue weighted by Crippen LogP contribution is -2.27. The lowest BCUT2D eigenvalue weighted by Gasteiger charge is -2.17. The van der Waals surface area contributed by atoms with E-state index < -0.39 is 0 Å². The Bertz CT molecular complexity index is 972. The maximum absolute atomic E-state index is 12.9. The van der Waals surface area contributed by atoms with Crippen molar-refractivity contribution in [3.8, 4) is 5.69 Å². The molecule has 0 saturated heterocycles. The zero-order chi connectivity index (χ0) is 21.0. The van der Waals surface area contributed by atoms with Crippen molar-refractivity contribution in [1.82, 2.24) is 24.5 Å². The summed E-state index contributed by atoms with van der Waals surface area (Å²) in [5.74, 6) is -0.174. The molecule has 0 atom stereocenters. The molecule has 0 aliphatic heterocycles. The number of hydrogen-bond donors (Lipinski definition) is 1. The van der Waals surface area contributed by atoms with Gasteiger partial charge in [-0.15, -0.1) is 0 Å². The van der Waals surface area contributed by atoms with Crippen LogP contribution < -0.4 is 5.32 Å². The van der Waals surface area contributed by atoms with Crippen molar-refractivity contribution in [3.63, 3.8) is 0 Å². The fourth-order valence-corrected chi connectivity index (χ4v) is 3.60. The van der Waals surface area contributed by atoms with E-state index in [4.69, 9.17) is 0 Å². The third-order valence-corrected chi connectivity index (χ3v) is 5.55. The topological polar surface area (TPSA) is 68.0 Å². The fourth-order valence-electron chi connectivity index (χ4n) is 3.33. The Morgan fingerprint density at radius 3 is 2.52 bits per heavy atom. The molecule has 3 rings (SSSR count). The average molecular weight is 459 g/mol. The van der Waals surface area contributed by atoms with Crippen molar-refractivity contribution in [1.29, 1.82) is 0 Å². The minimum absolute atomic E-state index is 0.174. The van der Waals surface area contributed by atoms with Crippen LogP contribution in [0.3, 0.4) is 0 Å². The van der Waals surface area contributed by atoms with E-state index in [2.05, 4.69) is 50.2 Å². The summed E-state index contributed by atoms with van der Waals surface area (Å²) in [6.07, 6.45) is 3.55. The van der Waals surface area contributed by atoms with E-state index in [1.54, 1.807) is 10.9 Å². The van der Waals surface area contributed by atoms with E-state index >= 15 is 0 Å². The van der Waals surface area contributed by atoms with Gasteiger partial charge in [0, 0.05) is 17.2 Å². The highest BCUT2D eigenvalue weighted by molar-refractivity contribution is 9.10. The van der Waals surface area contributed by atoms with Crippen LogP contribution in [0.2, 0.25) is 0 Å². The molecule has 0 spiro atoms. The normalized spacial score (nSPS) is 11.2. The first-order valence-corrected chi connectivity index (χ1v) is 10.6.